The molecule has 2 atom stereocenters. The predicted molar refractivity (Wildman–Crippen MR) is 141 cm³/mol. The van der Waals surface area contributed by atoms with Crippen LogP contribution < -0.4 is 5.32 Å². The summed E-state index contributed by atoms with van der Waals surface area (Å²) in [4.78, 5) is 18.4. The first-order valence-corrected chi connectivity index (χ1v) is 12.9. The van der Waals surface area contributed by atoms with E-state index in [0.29, 0.717) is 12.1 Å². The van der Waals surface area contributed by atoms with Crippen LogP contribution in [0.1, 0.15) is 34.2 Å². The van der Waals surface area contributed by atoms with E-state index in [2.05, 4.69) is 10.3 Å². The normalized spacial score (nSPS) is 22.9. The molecule has 1 N–H and O–H groups in total. The van der Waals surface area contributed by atoms with Gasteiger partial charge in [0.25, 0.3) is 11.5 Å². The van der Waals surface area contributed by atoms with Crippen LogP contribution in [0.25, 0.3) is 0 Å². The summed E-state index contributed by atoms with van der Waals surface area (Å²) in [7, 11) is 0. The van der Waals surface area contributed by atoms with Crippen molar-refractivity contribution in [1.29, 1.82) is 0 Å². The van der Waals surface area contributed by atoms with Crippen LogP contribution in [-0.4, -0.2) is 18.3 Å². The topological polar surface area (TPSA) is 50.7 Å². The summed E-state index contributed by atoms with van der Waals surface area (Å²) in [6.07, 6.45) is -5.03. The molecular formula is C31H22F8N2O2. The van der Waals surface area contributed by atoms with Gasteiger partial charge in [-0.2, -0.15) is 26.3 Å². The number of hydrogen-bond donors (Lipinski definition) is 1. The molecule has 0 saturated heterocycles. The summed E-state index contributed by atoms with van der Waals surface area (Å²) >= 11 is 0. The van der Waals surface area contributed by atoms with Crippen LogP contribution in [0.5, 0.6) is 0 Å². The lowest BCUT2D eigenvalue weighted by molar-refractivity contribution is -0.277. The number of fused-ring (bicyclic) bond motifs is 1. The van der Waals surface area contributed by atoms with E-state index in [1.54, 1.807) is 6.08 Å². The summed E-state index contributed by atoms with van der Waals surface area (Å²) < 4.78 is 122. The van der Waals surface area contributed by atoms with E-state index in [1.165, 1.54) is 42.6 Å². The minimum absolute atomic E-state index is 0.105. The van der Waals surface area contributed by atoms with Crippen LogP contribution in [0.15, 0.2) is 95.6 Å². The van der Waals surface area contributed by atoms with Crippen LogP contribution in [0.3, 0.4) is 0 Å². The van der Waals surface area contributed by atoms with E-state index in [-0.39, 0.29) is 29.3 Å². The lowest BCUT2D eigenvalue weighted by Gasteiger charge is -2.40. The molecule has 0 unspecified atom stereocenters. The van der Waals surface area contributed by atoms with E-state index >= 15 is 13.2 Å². The maximum absolute atomic E-state index is 15.2. The Labute approximate surface area is 240 Å². The van der Waals surface area contributed by atoms with Crippen molar-refractivity contribution >= 4 is 12.1 Å². The number of aliphatic imine (C=N–C) groups is 1. The Morgan fingerprint density at radius 1 is 0.837 bits per heavy atom. The molecule has 4 nitrogen and oxygen atoms in total. The summed E-state index contributed by atoms with van der Waals surface area (Å²) in [6, 6.07) is 10.6. The van der Waals surface area contributed by atoms with Gasteiger partial charge in [-0.1, -0.05) is 48.6 Å². The van der Waals surface area contributed by atoms with Crippen LogP contribution in [0, 0.1) is 11.6 Å². The molecule has 43 heavy (non-hydrogen) atoms. The zero-order valence-electron chi connectivity index (χ0n) is 22.1. The van der Waals surface area contributed by atoms with Crippen LogP contribution in [-0.2, 0) is 39.9 Å². The van der Waals surface area contributed by atoms with E-state index in [0.717, 1.165) is 24.3 Å². The van der Waals surface area contributed by atoms with Crippen LogP contribution >= 0.6 is 0 Å². The SMILES string of the molecule is O=C1N[C@](C2=CC=CCC=N2)(c2cc(F)cc(C(F)(F)F)c2)Cc2ccc(F)cc2CO[C@]1(c1ccccc1)C(F)(F)F. The second-order valence-corrected chi connectivity index (χ2v) is 10.0. The lowest BCUT2D eigenvalue weighted by Crippen LogP contribution is -2.61. The molecule has 2 aliphatic heterocycles. The van der Waals surface area contributed by atoms with Gasteiger partial charge in [0.15, 0.2) is 0 Å². The van der Waals surface area contributed by atoms with Gasteiger partial charge >= 0.3 is 12.4 Å². The van der Waals surface area contributed by atoms with Gasteiger partial charge in [-0.05, 0) is 53.1 Å². The van der Waals surface area contributed by atoms with Crippen molar-refractivity contribution in [2.45, 2.75) is 42.9 Å². The fourth-order valence-corrected chi connectivity index (χ4v) is 5.25. The lowest BCUT2D eigenvalue weighted by atomic mass is 9.78. The minimum Gasteiger partial charge on any atom is -0.348 e. The number of benzene rings is 3. The maximum atomic E-state index is 15.2. The number of nitrogens with zero attached hydrogens (tertiary/aromatic N) is 1. The van der Waals surface area contributed by atoms with Gasteiger partial charge in [0.05, 0.1) is 17.9 Å². The van der Waals surface area contributed by atoms with Crippen molar-refractivity contribution in [3.63, 3.8) is 0 Å². The van der Waals surface area contributed by atoms with Gasteiger partial charge in [-0.25, -0.2) is 8.78 Å². The van der Waals surface area contributed by atoms with E-state index in [4.69, 9.17) is 4.74 Å². The molecular weight excluding hydrogens is 584 g/mol. The summed E-state index contributed by atoms with van der Waals surface area (Å²) in [6.45, 7) is -0.899. The molecule has 224 valence electrons. The van der Waals surface area contributed by atoms with Crippen molar-refractivity contribution in [3.05, 3.63) is 130 Å². The molecule has 3 aromatic carbocycles. The van der Waals surface area contributed by atoms with Crippen molar-refractivity contribution in [2.24, 2.45) is 4.99 Å². The molecule has 0 fully saturated rings. The molecule has 0 bridgehead atoms. The number of alkyl halides is 6. The van der Waals surface area contributed by atoms with Gasteiger partial charge in [-0.15, -0.1) is 0 Å². The Balaban J connectivity index is 1.89. The Morgan fingerprint density at radius 3 is 2.28 bits per heavy atom. The number of allylic oxidation sites excluding steroid dienone is 3. The third-order valence-corrected chi connectivity index (χ3v) is 7.31. The van der Waals surface area contributed by atoms with E-state index < -0.39 is 70.8 Å². The largest absolute Gasteiger partial charge is 0.430 e. The molecule has 0 spiro atoms. The highest BCUT2D eigenvalue weighted by Crippen LogP contribution is 2.47. The minimum atomic E-state index is -5.43. The molecule has 5 rings (SSSR count). The Kier molecular flexibility index (Phi) is 7.76. The highest BCUT2D eigenvalue weighted by atomic mass is 19.4. The summed E-state index contributed by atoms with van der Waals surface area (Å²) in [5, 5.41) is 2.32. The van der Waals surface area contributed by atoms with Crippen molar-refractivity contribution < 1.29 is 44.7 Å². The quantitative estimate of drug-likeness (QED) is 0.315. The van der Waals surface area contributed by atoms with Gasteiger partial charge in [-0.3, -0.25) is 9.79 Å². The third kappa shape index (κ3) is 5.58. The van der Waals surface area contributed by atoms with Gasteiger partial charge in [0, 0.05) is 24.6 Å². The molecule has 2 heterocycles. The second-order valence-electron chi connectivity index (χ2n) is 10.0. The summed E-state index contributed by atoms with van der Waals surface area (Å²) in [5.41, 5.74) is -8.81. The number of carbonyl (C=O) groups is 1. The number of halogens is 8. The number of carbonyl (C=O) groups excluding carboxylic acids is 1. The average molecular weight is 607 g/mol. The standard InChI is InChI=1S/C31H22F8N2O2/c32-24-11-10-19-17-28(26-9-5-2-6-12-40-26,22-14-23(30(34,35)36)16-25(33)15-22)41-27(42)29(31(37,38)39,43-18-20(19)13-24)21-7-3-1-4-8-21/h1-5,7-16H,6,17-18H2,(H,41,42)/t28-,29-/m0/s1. The fourth-order valence-electron chi connectivity index (χ4n) is 5.25. The number of nitrogens with one attached hydrogen (secondary N) is 1. The maximum Gasteiger partial charge on any atom is 0.430 e. The Bertz CT molecular complexity index is 1630. The zero-order valence-corrected chi connectivity index (χ0v) is 22.1. The van der Waals surface area contributed by atoms with E-state index in [9.17, 15) is 26.7 Å². The van der Waals surface area contributed by atoms with Crippen molar-refractivity contribution in [2.75, 3.05) is 0 Å². The molecule has 0 aromatic heterocycles. The van der Waals surface area contributed by atoms with Crippen molar-refractivity contribution in [1.82, 2.24) is 5.32 Å². The fraction of sp³-hybridized carbons (Fsp3) is 0.226. The van der Waals surface area contributed by atoms with Crippen LogP contribution in [0.4, 0.5) is 35.1 Å². The first kappa shape index (κ1) is 30.1. The van der Waals surface area contributed by atoms with Crippen molar-refractivity contribution in [3.8, 4) is 0 Å². The van der Waals surface area contributed by atoms with Crippen LogP contribution in [0.2, 0.25) is 0 Å². The highest BCUT2D eigenvalue weighted by molar-refractivity contribution is 5.89. The zero-order chi connectivity index (χ0) is 31.0. The predicted octanol–water partition coefficient (Wildman–Crippen LogP) is 7.44. The molecule has 0 radical (unpaired) electrons. The first-order chi connectivity index (χ1) is 20.3. The molecule has 2 aliphatic rings. The summed E-state index contributed by atoms with van der Waals surface area (Å²) in [5.74, 6) is -3.97. The van der Waals surface area contributed by atoms with Gasteiger partial charge < -0.3 is 10.1 Å². The van der Waals surface area contributed by atoms with E-state index in [1.807, 2.05) is 0 Å². The highest BCUT2D eigenvalue weighted by Gasteiger charge is 2.65. The monoisotopic (exact) mass is 606 g/mol. The molecule has 1 amide bonds. The molecule has 0 saturated carbocycles. The van der Waals surface area contributed by atoms with Gasteiger partial charge in [0.1, 0.15) is 17.2 Å². The third-order valence-electron chi connectivity index (χ3n) is 7.31. The second kappa shape index (κ2) is 11.1. The molecule has 3 aromatic rings. The number of amides is 1. The molecule has 0 aliphatic carbocycles. The first-order valence-electron chi connectivity index (χ1n) is 12.9. The number of ether oxygens (including phenoxy) is 1. The average Bonchev–Trinajstić information content (AvgIpc) is 3.21. The Hall–Kier alpha value is -4.32. The number of hydrogen-bond acceptors (Lipinski definition) is 3. The number of rotatable bonds is 3. The molecule has 12 heteroatoms. The smallest absolute Gasteiger partial charge is 0.348 e. The Morgan fingerprint density at radius 2 is 1.58 bits per heavy atom. The van der Waals surface area contributed by atoms with Gasteiger partial charge in [0.2, 0.25) is 0 Å².